The van der Waals surface area contributed by atoms with Gasteiger partial charge in [-0.25, -0.2) is 9.18 Å². The van der Waals surface area contributed by atoms with Crippen molar-refractivity contribution in [3.63, 3.8) is 0 Å². The summed E-state index contributed by atoms with van der Waals surface area (Å²) >= 11 is 0. The Kier molecular flexibility index (Phi) is 5.08. The van der Waals surface area contributed by atoms with Crippen LogP contribution in [0.5, 0.6) is 0 Å². The van der Waals surface area contributed by atoms with E-state index in [0.717, 1.165) is 25.9 Å². The van der Waals surface area contributed by atoms with Crippen LogP contribution < -0.4 is 10.3 Å². The van der Waals surface area contributed by atoms with E-state index in [1.807, 2.05) is 30.6 Å². The van der Waals surface area contributed by atoms with Crippen molar-refractivity contribution in [1.29, 1.82) is 0 Å². The molecule has 8 heteroatoms. The number of carboxylic acids is 1. The van der Waals surface area contributed by atoms with Crippen molar-refractivity contribution in [2.45, 2.75) is 25.4 Å². The monoisotopic (exact) mass is 402 g/mol. The minimum atomic E-state index is -1.27. The van der Waals surface area contributed by atoms with E-state index in [9.17, 15) is 14.7 Å². The number of aromatic carboxylic acids is 1. The fourth-order valence-electron chi connectivity index (χ4n) is 4.09. The lowest BCUT2D eigenvalue weighted by Crippen LogP contribution is -2.45. The van der Waals surface area contributed by atoms with Crippen molar-refractivity contribution >= 4 is 22.6 Å². The molecule has 0 atom stereocenters. The summed E-state index contributed by atoms with van der Waals surface area (Å²) < 4.78 is 17.6. The number of aromatic nitrogens is 1. The number of benzene rings is 1. The van der Waals surface area contributed by atoms with Crippen molar-refractivity contribution < 1.29 is 14.3 Å². The summed E-state index contributed by atoms with van der Waals surface area (Å²) in [4.78, 5) is 30.8. The van der Waals surface area contributed by atoms with Gasteiger partial charge >= 0.3 is 5.97 Å². The zero-order chi connectivity index (χ0) is 20.9. The van der Waals surface area contributed by atoms with Crippen LogP contribution in [0.2, 0.25) is 0 Å². The molecule has 156 valence electrons. The average molecular weight is 402 g/mol. The molecular formula is C21H27FN4O3. The molecule has 4 rings (SSSR count). The van der Waals surface area contributed by atoms with Gasteiger partial charge in [0.15, 0.2) is 5.82 Å². The van der Waals surface area contributed by atoms with Crippen molar-refractivity contribution in [2.24, 2.45) is 0 Å². The Morgan fingerprint density at radius 2 is 1.90 bits per heavy atom. The lowest BCUT2D eigenvalue weighted by atomic mass is 10.0. The summed E-state index contributed by atoms with van der Waals surface area (Å²) in [6.07, 6.45) is 3.30. The fraction of sp³-hybridized carbons (Fsp3) is 0.524. The van der Waals surface area contributed by atoms with Gasteiger partial charge < -0.3 is 24.4 Å². The standard InChI is InChI=1S/C21H27FN4O3/c1-23(2)11-14-18-16(10-17(19(14)22)25-8-6-24(3)7-9-25)26(13-4-5-13)12-15(20(18)27)21(28)29/h10,12-13H,4-9,11H2,1-3H3,(H,28,29). The predicted molar refractivity (Wildman–Crippen MR) is 110 cm³/mol. The van der Waals surface area contributed by atoms with Gasteiger partial charge in [-0.15, -0.1) is 0 Å². The molecule has 0 radical (unpaired) electrons. The number of anilines is 1. The second-order valence-corrected chi connectivity index (χ2v) is 8.43. The van der Waals surface area contributed by atoms with Crippen LogP contribution in [0, 0.1) is 5.82 Å². The highest BCUT2D eigenvalue weighted by Gasteiger charge is 2.30. The number of piperazine rings is 1. The van der Waals surface area contributed by atoms with Crippen molar-refractivity contribution in [1.82, 2.24) is 14.4 Å². The fourth-order valence-corrected chi connectivity index (χ4v) is 4.09. The number of hydrogen-bond donors (Lipinski definition) is 1. The maximum Gasteiger partial charge on any atom is 0.341 e. The van der Waals surface area contributed by atoms with E-state index in [-0.39, 0.29) is 29.1 Å². The Labute approximate surface area is 168 Å². The third-order valence-corrected chi connectivity index (χ3v) is 5.83. The molecular weight excluding hydrogens is 375 g/mol. The predicted octanol–water partition coefficient (Wildman–Crippen LogP) is 1.99. The van der Waals surface area contributed by atoms with Crippen molar-refractivity contribution in [2.75, 3.05) is 52.2 Å². The second kappa shape index (κ2) is 7.42. The molecule has 1 aromatic carbocycles. The van der Waals surface area contributed by atoms with E-state index in [4.69, 9.17) is 0 Å². The van der Waals surface area contributed by atoms with E-state index >= 15 is 4.39 Å². The number of carbonyl (C=O) groups is 1. The minimum Gasteiger partial charge on any atom is -0.477 e. The Balaban J connectivity index is 2.01. The molecule has 0 bridgehead atoms. The summed E-state index contributed by atoms with van der Waals surface area (Å²) in [5.41, 5.74) is 0.513. The number of halogens is 1. The van der Waals surface area contributed by atoms with Gasteiger partial charge in [0.1, 0.15) is 5.56 Å². The SMILES string of the molecule is CN(C)Cc1c(F)c(N2CCN(C)CC2)cc2c1c(=O)c(C(=O)O)cn2C1CC1. The summed E-state index contributed by atoms with van der Waals surface area (Å²) in [6, 6.07) is 1.91. The van der Waals surface area contributed by atoms with Crippen molar-refractivity contribution in [3.8, 4) is 0 Å². The number of likely N-dealkylation sites (N-methyl/N-ethyl adjacent to an activating group) is 1. The zero-order valence-electron chi connectivity index (χ0n) is 17.1. The Morgan fingerprint density at radius 1 is 1.24 bits per heavy atom. The molecule has 0 unspecified atom stereocenters. The Morgan fingerprint density at radius 3 is 2.45 bits per heavy atom. The highest BCUT2D eigenvalue weighted by atomic mass is 19.1. The van der Waals surface area contributed by atoms with E-state index in [1.165, 1.54) is 6.20 Å². The second-order valence-electron chi connectivity index (χ2n) is 8.43. The first-order valence-electron chi connectivity index (χ1n) is 9.99. The highest BCUT2D eigenvalue weighted by molar-refractivity contribution is 5.95. The average Bonchev–Trinajstić information content (AvgIpc) is 3.49. The number of nitrogens with zero attached hydrogens (tertiary/aromatic N) is 4. The third kappa shape index (κ3) is 3.62. The van der Waals surface area contributed by atoms with Crippen LogP contribution in [0.3, 0.4) is 0 Å². The number of hydrogen-bond acceptors (Lipinski definition) is 5. The van der Waals surface area contributed by atoms with Gasteiger partial charge in [0.05, 0.1) is 16.6 Å². The quantitative estimate of drug-likeness (QED) is 0.825. The lowest BCUT2D eigenvalue weighted by Gasteiger charge is -2.35. The maximum absolute atomic E-state index is 15.7. The van der Waals surface area contributed by atoms with Crippen molar-refractivity contribution in [3.05, 3.63) is 39.4 Å². The van der Waals surface area contributed by atoms with E-state index in [1.54, 1.807) is 11.0 Å². The Bertz CT molecular complexity index is 1020. The first-order valence-corrected chi connectivity index (χ1v) is 9.99. The van der Waals surface area contributed by atoms with E-state index < -0.39 is 17.2 Å². The van der Waals surface area contributed by atoms with Crippen LogP contribution >= 0.6 is 0 Å². The van der Waals surface area contributed by atoms with Crippen LogP contribution in [-0.4, -0.2) is 72.8 Å². The van der Waals surface area contributed by atoms with Gasteiger partial charge in [-0.3, -0.25) is 4.79 Å². The minimum absolute atomic E-state index is 0.161. The first-order chi connectivity index (χ1) is 13.8. The molecule has 2 fully saturated rings. The third-order valence-electron chi connectivity index (χ3n) is 5.83. The van der Waals surface area contributed by atoms with Gasteiger partial charge in [-0.05, 0) is 40.1 Å². The molecule has 29 heavy (non-hydrogen) atoms. The van der Waals surface area contributed by atoms with Gasteiger partial charge in [0.25, 0.3) is 0 Å². The summed E-state index contributed by atoms with van der Waals surface area (Å²) in [6.45, 7) is 3.33. The molecule has 1 aliphatic carbocycles. The van der Waals surface area contributed by atoms with Gasteiger partial charge in [-0.2, -0.15) is 0 Å². The molecule has 2 aliphatic rings. The van der Waals surface area contributed by atoms with Gasteiger partial charge in [-0.1, -0.05) is 0 Å². The molecule has 1 aromatic heterocycles. The number of rotatable bonds is 5. The molecule has 2 heterocycles. The van der Waals surface area contributed by atoms with Gasteiger partial charge in [0.2, 0.25) is 5.43 Å². The van der Waals surface area contributed by atoms with E-state index in [2.05, 4.69) is 4.90 Å². The van der Waals surface area contributed by atoms with Crippen LogP contribution in [0.1, 0.15) is 34.8 Å². The number of fused-ring (bicyclic) bond motifs is 1. The van der Waals surface area contributed by atoms with Crippen LogP contribution in [-0.2, 0) is 6.54 Å². The molecule has 1 N–H and O–H groups in total. The van der Waals surface area contributed by atoms with Crippen LogP contribution in [0.15, 0.2) is 17.1 Å². The molecule has 1 aliphatic heterocycles. The smallest absolute Gasteiger partial charge is 0.341 e. The molecule has 1 saturated carbocycles. The number of carboxylic acid groups (broad SMARTS) is 1. The first kappa shape index (κ1) is 19.8. The molecule has 7 nitrogen and oxygen atoms in total. The molecule has 0 spiro atoms. The van der Waals surface area contributed by atoms with Crippen LogP contribution in [0.25, 0.3) is 10.9 Å². The normalized spacial score (nSPS) is 18.0. The molecule has 1 saturated heterocycles. The zero-order valence-corrected chi connectivity index (χ0v) is 17.1. The summed E-state index contributed by atoms with van der Waals surface area (Å²) in [7, 11) is 5.67. The lowest BCUT2D eigenvalue weighted by molar-refractivity contribution is 0.0695. The molecule has 0 amide bonds. The maximum atomic E-state index is 15.7. The van der Waals surface area contributed by atoms with Gasteiger partial charge in [0, 0.05) is 50.5 Å². The Hall–Kier alpha value is -2.45. The largest absolute Gasteiger partial charge is 0.477 e. The van der Waals surface area contributed by atoms with E-state index in [0.29, 0.717) is 24.3 Å². The van der Waals surface area contributed by atoms with Crippen LogP contribution in [0.4, 0.5) is 10.1 Å². The molecule has 2 aromatic rings. The topological polar surface area (TPSA) is 69.0 Å². The number of pyridine rings is 1. The highest BCUT2D eigenvalue weighted by Crippen LogP contribution is 2.39. The summed E-state index contributed by atoms with van der Waals surface area (Å²) in [5, 5.41) is 9.74. The summed E-state index contributed by atoms with van der Waals surface area (Å²) in [5.74, 6) is -1.69.